The topological polar surface area (TPSA) is 130 Å². The Kier molecular flexibility index (Phi) is 5.65. The van der Waals surface area contributed by atoms with Crippen LogP contribution in [0.25, 0.3) is 0 Å². The number of fused-ring (bicyclic) bond motifs is 5. The second-order valence-electron chi connectivity index (χ2n) is 11.7. The SMILES string of the molecule is CC(=O)O[C@@]12[C@H](OC(=O)c3ccccc3)[C@@H](C)[C@@]3(O)[C@@H](C=C(CO)C[C@]4(O)C(=O)C(C)=C[C@@H]34)[C@H]1C2(C)C. The maximum absolute atomic E-state index is 13.3. The summed E-state index contributed by atoms with van der Waals surface area (Å²) in [7, 11) is 0. The van der Waals surface area contributed by atoms with Gasteiger partial charge in [-0.25, -0.2) is 4.79 Å². The Morgan fingerprint density at radius 2 is 1.76 bits per heavy atom. The molecular weight excluding hydrogens is 476 g/mol. The van der Waals surface area contributed by atoms with E-state index >= 15 is 0 Å². The number of hydrogen-bond donors (Lipinski definition) is 3. The fraction of sp³-hybridized carbons (Fsp3) is 0.552. The fourth-order valence-corrected chi connectivity index (χ4v) is 7.82. The Balaban J connectivity index is 1.70. The van der Waals surface area contributed by atoms with Crippen LogP contribution in [0.15, 0.2) is 53.6 Å². The molecular formula is C29H34O8. The minimum absolute atomic E-state index is 0.130. The second-order valence-corrected chi connectivity index (χ2v) is 11.7. The normalized spacial score (nSPS) is 41.3. The van der Waals surface area contributed by atoms with E-state index in [1.54, 1.807) is 56.3 Å². The molecule has 198 valence electrons. The molecule has 37 heavy (non-hydrogen) atoms. The van der Waals surface area contributed by atoms with Crippen LogP contribution in [-0.2, 0) is 19.1 Å². The van der Waals surface area contributed by atoms with Crippen LogP contribution in [0.2, 0.25) is 0 Å². The van der Waals surface area contributed by atoms with Gasteiger partial charge in [0, 0.05) is 42.4 Å². The Hall–Kier alpha value is -2.81. The molecule has 1 aromatic carbocycles. The van der Waals surface area contributed by atoms with Gasteiger partial charge in [-0.05, 0) is 30.2 Å². The van der Waals surface area contributed by atoms with Gasteiger partial charge in [-0.1, -0.05) is 51.1 Å². The van der Waals surface area contributed by atoms with Gasteiger partial charge in [0.15, 0.2) is 11.4 Å². The number of aliphatic hydroxyl groups is 3. The van der Waals surface area contributed by atoms with Crippen molar-refractivity contribution in [2.45, 2.75) is 63.9 Å². The fourth-order valence-electron chi connectivity index (χ4n) is 7.82. The average Bonchev–Trinajstić information content (AvgIpc) is 3.27. The van der Waals surface area contributed by atoms with Gasteiger partial charge in [0.25, 0.3) is 0 Å². The van der Waals surface area contributed by atoms with Crippen LogP contribution >= 0.6 is 0 Å². The Bertz CT molecular complexity index is 1230. The number of ketones is 1. The van der Waals surface area contributed by atoms with Crippen molar-refractivity contribution < 1.29 is 39.2 Å². The maximum atomic E-state index is 13.3. The standard InChI is InChI=1S/C29H34O8/c1-15-11-21-27(34,23(15)32)13-18(14-30)12-20-22-26(4,5)29(22,37-17(3)31)24(16(2)28(20,21)35)36-25(33)19-9-7-6-8-10-19/h6-12,16,20-22,24,30,34-35H,13-14H2,1-5H3/t16-,20+,21-,22+,24-,27-,28-,29-/m1/s1. The predicted octanol–water partition coefficient (Wildman–Crippen LogP) is 2.37. The van der Waals surface area contributed by atoms with Crippen molar-refractivity contribution >= 4 is 17.7 Å². The van der Waals surface area contributed by atoms with Gasteiger partial charge in [0.05, 0.1) is 17.8 Å². The number of aliphatic hydroxyl groups excluding tert-OH is 1. The molecule has 0 radical (unpaired) electrons. The summed E-state index contributed by atoms with van der Waals surface area (Å²) in [5.41, 5.74) is -4.62. The van der Waals surface area contributed by atoms with Crippen molar-refractivity contribution in [2.24, 2.45) is 29.1 Å². The molecule has 0 amide bonds. The quantitative estimate of drug-likeness (QED) is 0.416. The number of Topliss-reactive ketones (excluding diaryl/α,β-unsaturated/α-hetero) is 1. The minimum atomic E-state index is -1.95. The highest BCUT2D eigenvalue weighted by Crippen LogP contribution is 2.77. The first-order valence-electron chi connectivity index (χ1n) is 12.7. The van der Waals surface area contributed by atoms with E-state index < -0.39 is 76.3 Å². The van der Waals surface area contributed by atoms with Crippen LogP contribution in [0, 0.1) is 29.1 Å². The highest BCUT2D eigenvalue weighted by molar-refractivity contribution is 6.04. The molecule has 0 unspecified atom stereocenters. The Morgan fingerprint density at radius 3 is 2.35 bits per heavy atom. The van der Waals surface area contributed by atoms with Crippen molar-refractivity contribution in [1.82, 2.24) is 0 Å². The summed E-state index contributed by atoms with van der Waals surface area (Å²) in [4.78, 5) is 38.9. The van der Waals surface area contributed by atoms with Gasteiger partial charge >= 0.3 is 11.9 Å². The summed E-state index contributed by atoms with van der Waals surface area (Å²) in [6.07, 6.45) is 2.14. The molecule has 0 aliphatic heterocycles. The summed E-state index contributed by atoms with van der Waals surface area (Å²) < 4.78 is 12.1. The number of ether oxygens (including phenoxy) is 2. The summed E-state index contributed by atoms with van der Waals surface area (Å²) >= 11 is 0. The highest BCUT2D eigenvalue weighted by Gasteiger charge is 2.87. The van der Waals surface area contributed by atoms with Gasteiger partial charge in [-0.15, -0.1) is 0 Å². The second kappa shape index (κ2) is 8.09. The number of rotatable bonds is 4. The van der Waals surface area contributed by atoms with Crippen LogP contribution in [0.5, 0.6) is 0 Å². The van der Waals surface area contributed by atoms with Crippen LogP contribution in [0.1, 0.15) is 51.4 Å². The molecule has 2 saturated carbocycles. The zero-order valence-corrected chi connectivity index (χ0v) is 21.7. The van der Waals surface area contributed by atoms with Crippen LogP contribution in [0.4, 0.5) is 0 Å². The lowest BCUT2D eigenvalue weighted by molar-refractivity contribution is -0.219. The smallest absolute Gasteiger partial charge is 0.338 e. The molecule has 0 saturated heterocycles. The Labute approximate surface area is 216 Å². The lowest BCUT2D eigenvalue weighted by atomic mass is 9.59. The van der Waals surface area contributed by atoms with Crippen molar-refractivity contribution in [3.8, 4) is 0 Å². The molecule has 2 fully saturated rings. The number of benzene rings is 1. The van der Waals surface area contributed by atoms with E-state index in [0.29, 0.717) is 16.7 Å². The van der Waals surface area contributed by atoms with Crippen molar-refractivity contribution in [3.05, 3.63) is 59.2 Å². The van der Waals surface area contributed by atoms with E-state index in [4.69, 9.17) is 9.47 Å². The summed E-state index contributed by atoms with van der Waals surface area (Å²) in [5.74, 6) is -4.75. The summed E-state index contributed by atoms with van der Waals surface area (Å²) in [6, 6.07) is 8.42. The van der Waals surface area contributed by atoms with Crippen LogP contribution in [0.3, 0.4) is 0 Å². The lowest BCUT2D eigenvalue weighted by Gasteiger charge is -2.53. The first kappa shape index (κ1) is 25.8. The molecule has 0 spiro atoms. The van der Waals surface area contributed by atoms with Gasteiger partial charge in [-0.2, -0.15) is 0 Å². The first-order chi connectivity index (χ1) is 17.3. The van der Waals surface area contributed by atoms with Crippen LogP contribution < -0.4 is 0 Å². The zero-order valence-electron chi connectivity index (χ0n) is 21.7. The van der Waals surface area contributed by atoms with Crippen molar-refractivity contribution in [1.29, 1.82) is 0 Å². The third-order valence-corrected chi connectivity index (χ3v) is 9.51. The molecule has 1 aromatic rings. The van der Waals surface area contributed by atoms with E-state index in [-0.39, 0.29) is 6.42 Å². The van der Waals surface area contributed by atoms with E-state index in [2.05, 4.69) is 0 Å². The van der Waals surface area contributed by atoms with E-state index in [1.165, 1.54) is 6.92 Å². The zero-order chi connectivity index (χ0) is 27.1. The van der Waals surface area contributed by atoms with E-state index in [0.717, 1.165) is 0 Å². The van der Waals surface area contributed by atoms with Gasteiger partial charge in [0.1, 0.15) is 11.7 Å². The average molecular weight is 511 g/mol. The number of carbonyl (C=O) groups excluding carboxylic acids is 3. The Morgan fingerprint density at radius 1 is 1.11 bits per heavy atom. The van der Waals surface area contributed by atoms with Gasteiger partial charge in [-0.3, -0.25) is 9.59 Å². The van der Waals surface area contributed by atoms with Crippen LogP contribution in [-0.4, -0.2) is 62.6 Å². The number of hydrogen-bond acceptors (Lipinski definition) is 8. The first-order valence-corrected chi connectivity index (χ1v) is 12.7. The molecule has 0 bridgehead atoms. The van der Waals surface area contributed by atoms with E-state index in [1.807, 2.05) is 13.8 Å². The number of carbonyl (C=O) groups is 3. The monoisotopic (exact) mass is 510 g/mol. The molecule has 8 nitrogen and oxygen atoms in total. The maximum Gasteiger partial charge on any atom is 0.338 e. The molecule has 4 aliphatic carbocycles. The molecule has 0 aromatic heterocycles. The molecule has 0 heterocycles. The molecule has 8 atom stereocenters. The largest absolute Gasteiger partial charge is 0.454 e. The summed E-state index contributed by atoms with van der Waals surface area (Å²) in [5, 5.41) is 34.5. The lowest BCUT2D eigenvalue weighted by Crippen LogP contribution is -2.66. The predicted molar refractivity (Wildman–Crippen MR) is 132 cm³/mol. The number of esters is 2. The third-order valence-electron chi connectivity index (χ3n) is 9.51. The third kappa shape index (κ3) is 3.22. The molecule has 3 N–H and O–H groups in total. The molecule has 4 aliphatic rings. The summed E-state index contributed by atoms with van der Waals surface area (Å²) in [6.45, 7) is 7.99. The van der Waals surface area contributed by atoms with Crippen molar-refractivity contribution in [3.63, 3.8) is 0 Å². The van der Waals surface area contributed by atoms with Gasteiger partial charge < -0.3 is 24.8 Å². The molecule has 8 heteroatoms. The van der Waals surface area contributed by atoms with Gasteiger partial charge in [0.2, 0.25) is 0 Å². The van der Waals surface area contributed by atoms with Crippen molar-refractivity contribution in [2.75, 3.05) is 6.61 Å². The minimum Gasteiger partial charge on any atom is -0.454 e. The molecule has 5 rings (SSSR count). The highest BCUT2D eigenvalue weighted by atomic mass is 16.6. The van der Waals surface area contributed by atoms with E-state index in [9.17, 15) is 29.7 Å².